The number of carbonyl (C=O) groups is 1. The summed E-state index contributed by atoms with van der Waals surface area (Å²) >= 11 is 1.49. The Bertz CT molecular complexity index is 861. The average molecular weight is 343 g/mol. The van der Waals surface area contributed by atoms with Gasteiger partial charge in [-0.3, -0.25) is 4.79 Å². The van der Waals surface area contributed by atoms with Crippen LogP contribution in [0.4, 0.5) is 5.82 Å². The third-order valence-corrected chi connectivity index (χ3v) is 5.10. The van der Waals surface area contributed by atoms with Gasteiger partial charge in [-0.1, -0.05) is 11.2 Å². The maximum Gasteiger partial charge on any atom is 0.263 e. The van der Waals surface area contributed by atoms with Crippen molar-refractivity contribution in [1.29, 1.82) is 0 Å². The first kappa shape index (κ1) is 15.1. The van der Waals surface area contributed by atoms with Crippen LogP contribution in [0.5, 0.6) is 0 Å². The van der Waals surface area contributed by atoms with E-state index in [1.54, 1.807) is 0 Å². The van der Waals surface area contributed by atoms with Crippen LogP contribution in [0.3, 0.4) is 0 Å². The maximum absolute atomic E-state index is 12.5. The fourth-order valence-electron chi connectivity index (χ4n) is 3.03. The van der Waals surface area contributed by atoms with Gasteiger partial charge in [0.1, 0.15) is 17.5 Å². The van der Waals surface area contributed by atoms with Crippen LogP contribution < -0.4 is 4.90 Å². The smallest absolute Gasteiger partial charge is 0.263 e. The Morgan fingerprint density at radius 2 is 2.17 bits per heavy atom. The van der Waals surface area contributed by atoms with Crippen molar-refractivity contribution in [3.63, 3.8) is 0 Å². The summed E-state index contributed by atoms with van der Waals surface area (Å²) in [5, 5.41) is 6.78. The zero-order valence-corrected chi connectivity index (χ0v) is 14.1. The number of amides is 1. The van der Waals surface area contributed by atoms with Gasteiger partial charge in [0.05, 0.1) is 10.6 Å². The van der Waals surface area contributed by atoms with Crippen LogP contribution >= 0.6 is 11.3 Å². The molecule has 0 saturated carbocycles. The van der Waals surface area contributed by atoms with Gasteiger partial charge in [0.25, 0.3) is 11.6 Å². The lowest BCUT2D eigenvalue weighted by Gasteiger charge is -2.22. The highest BCUT2D eigenvalue weighted by molar-refractivity contribution is 7.12. The van der Waals surface area contributed by atoms with Gasteiger partial charge in [-0.25, -0.2) is 4.98 Å². The molecule has 3 aromatic heterocycles. The van der Waals surface area contributed by atoms with Gasteiger partial charge in [0.15, 0.2) is 0 Å². The van der Waals surface area contributed by atoms with Crippen molar-refractivity contribution in [2.24, 2.45) is 0 Å². The number of aryl methyl sites for hydroxylation is 1. The van der Waals surface area contributed by atoms with Crippen LogP contribution in [0.25, 0.3) is 11.1 Å². The molecule has 0 unspecified atom stereocenters. The Balaban J connectivity index is 1.56. The SMILES string of the molecule is Cc1noc2ncnc(N3CCCN(C(=O)c4cccs4)CC3)c12. The highest BCUT2D eigenvalue weighted by Crippen LogP contribution is 2.26. The number of thiophene rings is 1. The number of nitrogens with zero attached hydrogens (tertiary/aromatic N) is 5. The molecular formula is C16H17N5O2S. The number of hydrogen-bond donors (Lipinski definition) is 0. The van der Waals surface area contributed by atoms with Crippen LogP contribution in [-0.4, -0.2) is 52.1 Å². The summed E-state index contributed by atoms with van der Waals surface area (Å²) in [7, 11) is 0. The first-order valence-electron chi connectivity index (χ1n) is 7.89. The standard InChI is InChI=1S/C16H17N5O2S/c1-11-13-14(17-10-18-15(13)23-19-11)20-5-3-6-21(8-7-20)16(22)12-4-2-9-24-12/h2,4,9-10H,3,5-8H2,1H3. The van der Waals surface area contributed by atoms with E-state index in [1.165, 1.54) is 17.7 Å². The summed E-state index contributed by atoms with van der Waals surface area (Å²) < 4.78 is 5.23. The van der Waals surface area contributed by atoms with Crippen LogP contribution in [0.2, 0.25) is 0 Å². The zero-order valence-electron chi connectivity index (χ0n) is 13.3. The van der Waals surface area contributed by atoms with Crippen molar-refractivity contribution >= 4 is 34.2 Å². The molecule has 24 heavy (non-hydrogen) atoms. The second kappa shape index (κ2) is 6.20. The summed E-state index contributed by atoms with van der Waals surface area (Å²) in [6.07, 6.45) is 2.40. The average Bonchev–Trinajstić information content (AvgIpc) is 3.19. The lowest BCUT2D eigenvalue weighted by molar-refractivity contribution is 0.0772. The van der Waals surface area contributed by atoms with Crippen molar-refractivity contribution in [3.05, 3.63) is 34.4 Å². The minimum absolute atomic E-state index is 0.112. The van der Waals surface area contributed by atoms with Crippen LogP contribution in [0.1, 0.15) is 21.8 Å². The van der Waals surface area contributed by atoms with Crippen molar-refractivity contribution in [1.82, 2.24) is 20.0 Å². The minimum atomic E-state index is 0.112. The molecule has 1 aliphatic rings. The molecule has 1 aliphatic heterocycles. The number of anilines is 1. The van der Waals surface area contributed by atoms with E-state index in [2.05, 4.69) is 20.0 Å². The first-order chi connectivity index (χ1) is 11.7. The molecule has 0 bridgehead atoms. The normalized spacial score (nSPS) is 15.7. The summed E-state index contributed by atoms with van der Waals surface area (Å²) in [6, 6.07) is 3.79. The van der Waals surface area contributed by atoms with E-state index in [0.717, 1.165) is 47.8 Å². The van der Waals surface area contributed by atoms with Crippen molar-refractivity contribution in [2.45, 2.75) is 13.3 Å². The minimum Gasteiger partial charge on any atom is -0.354 e. The first-order valence-corrected chi connectivity index (χ1v) is 8.76. The summed E-state index contributed by atoms with van der Waals surface area (Å²) in [6.45, 7) is 4.89. The lowest BCUT2D eigenvalue weighted by Crippen LogP contribution is -2.35. The summed E-state index contributed by atoms with van der Waals surface area (Å²) in [5.41, 5.74) is 1.30. The molecule has 124 valence electrons. The predicted molar refractivity (Wildman–Crippen MR) is 91.4 cm³/mol. The second-order valence-electron chi connectivity index (χ2n) is 5.76. The summed E-state index contributed by atoms with van der Waals surface area (Å²) in [4.78, 5) is 26.0. The Morgan fingerprint density at radius 1 is 1.25 bits per heavy atom. The molecule has 4 heterocycles. The molecule has 1 amide bonds. The monoisotopic (exact) mass is 343 g/mol. The zero-order chi connectivity index (χ0) is 16.5. The third kappa shape index (κ3) is 2.62. The van der Waals surface area contributed by atoms with E-state index in [9.17, 15) is 4.79 Å². The van der Waals surface area contributed by atoms with Crippen LogP contribution in [-0.2, 0) is 0 Å². The van der Waals surface area contributed by atoms with Gasteiger partial charge in [-0.15, -0.1) is 11.3 Å². The molecule has 3 aromatic rings. The maximum atomic E-state index is 12.5. The molecule has 8 heteroatoms. The van der Waals surface area contributed by atoms with E-state index in [4.69, 9.17) is 4.52 Å². The number of aromatic nitrogens is 3. The fourth-order valence-corrected chi connectivity index (χ4v) is 3.72. The highest BCUT2D eigenvalue weighted by atomic mass is 32.1. The Hall–Kier alpha value is -2.48. The molecule has 0 radical (unpaired) electrons. The number of rotatable bonds is 2. The number of fused-ring (bicyclic) bond motifs is 1. The third-order valence-electron chi connectivity index (χ3n) is 4.24. The van der Waals surface area contributed by atoms with Gasteiger partial charge in [-0.2, -0.15) is 4.98 Å². The Labute approximate surface area is 142 Å². The van der Waals surface area contributed by atoms with Crippen molar-refractivity contribution in [2.75, 3.05) is 31.1 Å². The van der Waals surface area contributed by atoms with E-state index < -0.39 is 0 Å². The van der Waals surface area contributed by atoms with Crippen molar-refractivity contribution < 1.29 is 9.32 Å². The van der Waals surface area contributed by atoms with E-state index in [1.807, 2.05) is 29.3 Å². The fraction of sp³-hybridized carbons (Fsp3) is 0.375. The number of hydrogen-bond acceptors (Lipinski definition) is 7. The molecule has 0 spiro atoms. The Kier molecular flexibility index (Phi) is 3.89. The molecular weight excluding hydrogens is 326 g/mol. The lowest BCUT2D eigenvalue weighted by atomic mass is 10.2. The Morgan fingerprint density at radius 3 is 3.00 bits per heavy atom. The molecule has 1 fully saturated rings. The van der Waals surface area contributed by atoms with Crippen LogP contribution in [0, 0.1) is 6.92 Å². The van der Waals surface area contributed by atoms with Gasteiger partial charge in [-0.05, 0) is 24.8 Å². The van der Waals surface area contributed by atoms with Crippen molar-refractivity contribution in [3.8, 4) is 0 Å². The van der Waals surface area contributed by atoms with Gasteiger partial charge >= 0.3 is 0 Å². The number of carbonyl (C=O) groups excluding carboxylic acids is 1. The van der Waals surface area contributed by atoms with Crippen LogP contribution in [0.15, 0.2) is 28.4 Å². The highest BCUT2D eigenvalue weighted by Gasteiger charge is 2.24. The second-order valence-corrected chi connectivity index (χ2v) is 6.70. The van der Waals surface area contributed by atoms with Gasteiger partial charge in [0.2, 0.25) is 0 Å². The molecule has 0 N–H and O–H groups in total. The van der Waals surface area contributed by atoms with E-state index in [0.29, 0.717) is 12.3 Å². The molecule has 7 nitrogen and oxygen atoms in total. The molecule has 1 saturated heterocycles. The quantitative estimate of drug-likeness (QED) is 0.711. The molecule has 0 aromatic carbocycles. The summed E-state index contributed by atoms with van der Waals surface area (Å²) in [5.74, 6) is 0.949. The van der Waals surface area contributed by atoms with E-state index >= 15 is 0 Å². The molecule has 0 atom stereocenters. The largest absolute Gasteiger partial charge is 0.354 e. The predicted octanol–water partition coefficient (Wildman–Crippen LogP) is 2.34. The molecule has 0 aliphatic carbocycles. The molecule has 4 rings (SSSR count). The van der Waals surface area contributed by atoms with E-state index in [-0.39, 0.29) is 5.91 Å². The topological polar surface area (TPSA) is 75.4 Å². The van der Waals surface area contributed by atoms with Gasteiger partial charge < -0.3 is 14.3 Å². The van der Waals surface area contributed by atoms with Gasteiger partial charge in [0, 0.05) is 26.2 Å².